The summed E-state index contributed by atoms with van der Waals surface area (Å²) in [5, 5.41) is 14.6. The van der Waals surface area contributed by atoms with Crippen molar-refractivity contribution in [1.29, 1.82) is 0 Å². The second-order valence-corrected chi connectivity index (χ2v) is 5.50. The maximum absolute atomic E-state index is 10.3. The number of aliphatic hydroxyl groups is 1. The van der Waals surface area contributed by atoms with Crippen LogP contribution in [-0.4, -0.2) is 28.6 Å². The summed E-state index contributed by atoms with van der Waals surface area (Å²) in [5.74, 6) is 0. The van der Waals surface area contributed by atoms with Gasteiger partial charge in [0.25, 0.3) is 0 Å². The molecule has 1 aromatic heterocycles. The molecule has 1 heterocycles. The van der Waals surface area contributed by atoms with E-state index in [4.69, 9.17) is 4.74 Å². The third kappa shape index (κ3) is 2.17. The molecular formula is C11H17BrN2O2. The summed E-state index contributed by atoms with van der Waals surface area (Å²) in [7, 11) is 1.66. The van der Waals surface area contributed by atoms with Gasteiger partial charge in [-0.2, -0.15) is 5.10 Å². The van der Waals surface area contributed by atoms with E-state index >= 15 is 0 Å². The van der Waals surface area contributed by atoms with Crippen LogP contribution in [0.15, 0.2) is 10.7 Å². The number of nitrogens with zero attached hydrogens (tertiary/aromatic N) is 2. The smallest absolute Gasteiger partial charge is 0.102 e. The number of hydrogen-bond donors (Lipinski definition) is 1. The van der Waals surface area contributed by atoms with Gasteiger partial charge >= 0.3 is 0 Å². The maximum Gasteiger partial charge on any atom is 0.102 e. The van der Waals surface area contributed by atoms with Crippen LogP contribution in [0.25, 0.3) is 0 Å². The molecular weight excluding hydrogens is 272 g/mol. The zero-order valence-electron chi connectivity index (χ0n) is 9.61. The first-order chi connectivity index (χ1) is 7.58. The highest BCUT2D eigenvalue weighted by Gasteiger charge is 2.46. The normalized spacial score (nSPS) is 19.8. The SMILES string of the molecule is COCCn1ncc(Br)c1C(O)C1(C)CC1. The molecule has 2 rings (SSSR count). The Kier molecular flexibility index (Phi) is 3.37. The van der Waals surface area contributed by atoms with Gasteiger partial charge in [-0.05, 0) is 34.2 Å². The first kappa shape index (κ1) is 12.1. The Bertz CT molecular complexity index is 374. The molecule has 1 aliphatic carbocycles. The van der Waals surface area contributed by atoms with Crippen molar-refractivity contribution in [3.8, 4) is 0 Å². The lowest BCUT2D eigenvalue weighted by atomic mass is 9.99. The van der Waals surface area contributed by atoms with Crippen molar-refractivity contribution in [2.75, 3.05) is 13.7 Å². The zero-order valence-corrected chi connectivity index (χ0v) is 11.2. The van der Waals surface area contributed by atoms with Crippen molar-refractivity contribution in [2.24, 2.45) is 5.41 Å². The van der Waals surface area contributed by atoms with E-state index < -0.39 is 6.10 Å². The lowest BCUT2D eigenvalue weighted by Gasteiger charge is -2.19. The summed E-state index contributed by atoms with van der Waals surface area (Å²) >= 11 is 3.45. The van der Waals surface area contributed by atoms with Crippen LogP contribution in [0, 0.1) is 5.41 Å². The molecule has 1 saturated carbocycles. The number of rotatable bonds is 5. The largest absolute Gasteiger partial charge is 0.386 e. The third-order valence-electron chi connectivity index (χ3n) is 3.30. The van der Waals surface area contributed by atoms with E-state index in [1.54, 1.807) is 13.3 Å². The lowest BCUT2D eigenvalue weighted by Crippen LogP contribution is -2.18. The van der Waals surface area contributed by atoms with Gasteiger partial charge in [0.2, 0.25) is 0 Å². The molecule has 0 saturated heterocycles. The van der Waals surface area contributed by atoms with Crippen molar-refractivity contribution >= 4 is 15.9 Å². The summed E-state index contributed by atoms with van der Waals surface area (Å²) in [6.45, 7) is 3.38. The van der Waals surface area contributed by atoms with Crippen LogP contribution in [0.2, 0.25) is 0 Å². The standard InChI is InChI=1S/C11H17BrN2O2/c1-11(3-4-11)10(15)9-8(12)7-13-14(9)5-6-16-2/h7,10,15H,3-6H2,1-2H3. The summed E-state index contributed by atoms with van der Waals surface area (Å²) in [6.07, 6.45) is 3.45. The molecule has 1 aliphatic rings. The predicted octanol–water partition coefficient (Wildman–Crippen LogP) is 2.13. The Morgan fingerprint density at radius 3 is 2.94 bits per heavy atom. The van der Waals surface area contributed by atoms with E-state index in [1.807, 2.05) is 4.68 Å². The molecule has 1 aromatic rings. The molecule has 16 heavy (non-hydrogen) atoms. The average molecular weight is 289 g/mol. The van der Waals surface area contributed by atoms with Crippen molar-refractivity contribution < 1.29 is 9.84 Å². The van der Waals surface area contributed by atoms with Crippen LogP contribution in [-0.2, 0) is 11.3 Å². The monoisotopic (exact) mass is 288 g/mol. The molecule has 0 aromatic carbocycles. The quantitative estimate of drug-likeness (QED) is 0.903. The van der Waals surface area contributed by atoms with E-state index in [1.165, 1.54) is 0 Å². The highest BCUT2D eigenvalue weighted by Crippen LogP contribution is 2.55. The highest BCUT2D eigenvalue weighted by molar-refractivity contribution is 9.10. The van der Waals surface area contributed by atoms with Gasteiger partial charge in [0.05, 0.1) is 29.5 Å². The fourth-order valence-corrected chi connectivity index (χ4v) is 2.31. The molecule has 0 aliphatic heterocycles. The zero-order chi connectivity index (χ0) is 11.8. The second kappa shape index (κ2) is 4.47. The van der Waals surface area contributed by atoms with E-state index in [-0.39, 0.29) is 5.41 Å². The summed E-state index contributed by atoms with van der Waals surface area (Å²) in [4.78, 5) is 0. The van der Waals surface area contributed by atoms with Gasteiger partial charge < -0.3 is 9.84 Å². The minimum Gasteiger partial charge on any atom is -0.386 e. The van der Waals surface area contributed by atoms with E-state index in [2.05, 4.69) is 28.0 Å². The average Bonchev–Trinajstić information content (AvgIpc) is 2.90. The fourth-order valence-electron chi connectivity index (χ4n) is 1.80. The summed E-state index contributed by atoms with van der Waals surface area (Å²) < 4.78 is 7.73. The van der Waals surface area contributed by atoms with E-state index in [9.17, 15) is 5.11 Å². The van der Waals surface area contributed by atoms with Gasteiger partial charge in [0.15, 0.2) is 0 Å². The molecule has 1 atom stereocenters. The van der Waals surface area contributed by atoms with Crippen LogP contribution in [0.3, 0.4) is 0 Å². The number of hydrogen-bond acceptors (Lipinski definition) is 3. The second-order valence-electron chi connectivity index (χ2n) is 4.65. The first-order valence-electron chi connectivity index (χ1n) is 5.47. The van der Waals surface area contributed by atoms with E-state index in [0.29, 0.717) is 13.2 Å². The Morgan fingerprint density at radius 2 is 2.38 bits per heavy atom. The fraction of sp³-hybridized carbons (Fsp3) is 0.727. The van der Waals surface area contributed by atoms with Gasteiger partial charge in [0, 0.05) is 7.11 Å². The van der Waals surface area contributed by atoms with E-state index in [0.717, 1.165) is 23.0 Å². The Morgan fingerprint density at radius 1 is 1.69 bits per heavy atom. The van der Waals surface area contributed by atoms with Gasteiger partial charge in [-0.25, -0.2) is 0 Å². The number of ether oxygens (including phenoxy) is 1. The van der Waals surface area contributed by atoms with Crippen molar-refractivity contribution in [3.63, 3.8) is 0 Å². The lowest BCUT2D eigenvalue weighted by molar-refractivity contribution is 0.0904. The molecule has 0 amide bonds. The van der Waals surface area contributed by atoms with Gasteiger partial charge in [0.1, 0.15) is 6.10 Å². The van der Waals surface area contributed by atoms with Crippen LogP contribution < -0.4 is 0 Å². The maximum atomic E-state index is 10.3. The topological polar surface area (TPSA) is 47.3 Å². The summed E-state index contributed by atoms with van der Waals surface area (Å²) in [6, 6.07) is 0. The van der Waals surface area contributed by atoms with Crippen molar-refractivity contribution in [2.45, 2.75) is 32.4 Å². The van der Waals surface area contributed by atoms with Crippen LogP contribution in [0.1, 0.15) is 31.6 Å². The molecule has 90 valence electrons. The number of aromatic nitrogens is 2. The third-order valence-corrected chi connectivity index (χ3v) is 3.91. The van der Waals surface area contributed by atoms with Crippen LogP contribution in [0.5, 0.6) is 0 Å². The highest BCUT2D eigenvalue weighted by atomic mass is 79.9. The number of methoxy groups -OCH3 is 1. The summed E-state index contributed by atoms with van der Waals surface area (Å²) in [5.41, 5.74) is 0.907. The first-order valence-corrected chi connectivity index (χ1v) is 6.26. The number of aliphatic hydroxyl groups excluding tert-OH is 1. The van der Waals surface area contributed by atoms with Gasteiger partial charge in [-0.3, -0.25) is 4.68 Å². The molecule has 4 nitrogen and oxygen atoms in total. The molecule has 0 bridgehead atoms. The molecule has 1 unspecified atom stereocenters. The van der Waals surface area contributed by atoms with Gasteiger partial charge in [-0.1, -0.05) is 6.92 Å². The van der Waals surface area contributed by atoms with Crippen molar-refractivity contribution in [3.05, 3.63) is 16.4 Å². The molecule has 5 heteroatoms. The minimum atomic E-state index is -0.443. The van der Waals surface area contributed by atoms with Crippen LogP contribution in [0.4, 0.5) is 0 Å². The van der Waals surface area contributed by atoms with Gasteiger partial charge in [-0.15, -0.1) is 0 Å². The predicted molar refractivity (Wildman–Crippen MR) is 64.1 cm³/mol. The number of halogens is 1. The molecule has 0 radical (unpaired) electrons. The Labute approximate surface area is 104 Å². The molecule has 1 N–H and O–H groups in total. The van der Waals surface area contributed by atoms with Crippen molar-refractivity contribution in [1.82, 2.24) is 9.78 Å². The Hall–Kier alpha value is -0.390. The Balaban J connectivity index is 2.20. The minimum absolute atomic E-state index is 0.0351. The molecule has 1 fully saturated rings. The van der Waals surface area contributed by atoms with Crippen LogP contribution >= 0.6 is 15.9 Å². The molecule has 0 spiro atoms.